The lowest BCUT2D eigenvalue weighted by Crippen LogP contribution is -1.97. The highest BCUT2D eigenvalue weighted by Gasteiger charge is 2.22. The summed E-state index contributed by atoms with van der Waals surface area (Å²) in [5.74, 6) is 1.19. The first-order valence-corrected chi connectivity index (χ1v) is 6.20. The molecule has 2 heterocycles. The van der Waals surface area contributed by atoms with Crippen molar-refractivity contribution < 1.29 is 0 Å². The molecule has 2 aromatic rings. The highest BCUT2D eigenvalue weighted by molar-refractivity contribution is 9.10. The van der Waals surface area contributed by atoms with Crippen molar-refractivity contribution in [2.75, 3.05) is 0 Å². The third kappa shape index (κ3) is 1.33. The van der Waals surface area contributed by atoms with Crippen LogP contribution in [-0.4, -0.2) is 9.55 Å². The van der Waals surface area contributed by atoms with Crippen molar-refractivity contribution in [2.45, 2.75) is 25.8 Å². The van der Waals surface area contributed by atoms with Crippen molar-refractivity contribution in [3.05, 3.63) is 27.5 Å². The molecule has 0 spiro atoms. The Morgan fingerprint density at radius 1 is 1.53 bits per heavy atom. The van der Waals surface area contributed by atoms with E-state index in [9.17, 15) is 0 Å². The van der Waals surface area contributed by atoms with Crippen molar-refractivity contribution in [1.82, 2.24) is 9.55 Å². The molecule has 0 saturated heterocycles. The average Bonchev–Trinajstić information content (AvgIpc) is 2.69. The first kappa shape index (κ1) is 9.67. The summed E-state index contributed by atoms with van der Waals surface area (Å²) < 4.78 is 3.22. The normalized spacial score (nSPS) is 19.8. The number of hydrogen-bond acceptors (Lipinski definition) is 1. The zero-order valence-corrected chi connectivity index (χ0v) is 10.6. The van der Waals surface area contributed by atoms with Gasteiger partial charge in [0, 0.05) is 16.9 Å². The number of nitrogens with zero attached hydrogens (tertiary/aromatic N) is 2. The fraction of sp³-hybridized carbons (Fsp3) is 0.364. The Kier molecular flexibility index (Phi) is 2.08. The molecule has 0 unspecified atom stereocenters. The van der Waals surface area contributed by atoms with Gasteiger partial charge in [0.1, 0.15) is 5.82 Å². The maximum atomic E-state index is 6.11. The molecule has 4 heteroatoms. The van der Waals surface area contributed by atoms with Gasteiger partial charge in [0.2, 0.25) is 0 Å². The van der Waals surface area contributed by atoms with E-state index in [1.54, 1.807) is 0 Å². The Morgan fingerprint density at radius 2 is 2.33 bits per heavy atom. The Bertz CT molecular complexity index is 547. The van der Waals surface area contributed by atoms with Gasteiger partial charge in [0.25, 0.3) is 0 Å². The van der Waals surface area contributed by atoms with E-state index in [1.807, 2.05) is 12.1 Å². The number of fused-ring (bicyclic) bond motifs is 3. The summed E-state index contributed by atoms with van der Waals surface area (Å²) in [7, 11) is 0. The minimum Gasteiger partial charge on any atom is -0.325 e. The van der Waals surface area contributed by atoms with Crippen LogP contribution in [0.5, 0.6) is 0 Å². The summed E-state index contributed by atoms with van der Waals surface area (Å²) in [6.45, 7) is 2.23. The van der Waals surface area contributed by atoms with Crippen LogP contribution in [0.25, 0.3) is 11.0 Å². The van der Waals surface area contributed by atoms with Crippen molar-refractivity contribution >= 4 is 38.6 Å². The minimum atomic E-state index is 0.544. The smallest absolute Gasteiger partial charge is 0.110 e. The molecule has 0 saturated carbocycles. The molecule has 1 aromatic heterocycles. The molecule has 1 aliphatic rings. The second-order valence-electron chi connectivity index (χ2n) is 4.04. The van der Waals surface area contributed by atoms with Crippen LogP contribution in [0.3, 0.4) is 0 Å². The van der Waals surface area contributed by atoms with Gasteiger partial charge in [-0.05, 0) is 41.4 Å². The van der Waals surface area contributed by atoms with Gasteiger partial charge in [0.05, 0.1) is 16.1 Å². The molecule has 1 aliphatic heterocycles. The first-order valence-electron chi connectivity index (χ1n) is 5.02. The molecular formula is C11H10BrClN2. The van der Waals surface area contributed by atoms with E-state index >= 15 is 0 Å². The van der Waals surface area contributed by atoms with E-state index in [0.29, 0.717) is 6.04 Å². The zero-order chi connectivity index (χ0) is 10.6. The molecule has 78 valence electrons. The van der Waals surface area contributed by atoms with Gasteiger partial charge in [-0.1, -0.05) is 11.6 Å². The maximum absolute atomic E-state index is 6.11. The number of benzene rings is 1. The Balaban J connectivity index is 2.37. The molecule has 1 aromatic carbocycles. The zero-order valence-electron chi connectivity index (χ0n) is 8.30. The quantitative estimate of drug-likeness (QED) is 0.716. The summed E-state index contributed by atoms with van der Waals surface area (Å²) in [6, 6.07) is 4.54. The van der Waals surface area contributed by atoms with E-state index < -0.39 is 0 Å². The van der Waals surface area contributed by atoms with E-state index in [2.05, 4.69) is 32.4 Å². The maximum Gasteiger partial charge on any atom is 0.110 e. The van der Waals surface area contributed by atoms with Crippen molar-refractivity contribution in [1.29, 1.82) is 0 Å². The van der Waals surface area contributed by atoms with E-state index in [-0.39, 0.29) is 0 Å². The summed E-state index contributed by atoms with van der Waals surface area (Å²) in [6.07, 6.45) is 2.26. The minimum absolute atomic E-state index is 0.544. The van der Waals surface area contributed by atoms with Crippen molar-refractivity contribution in [3.8, 4) is 0 Å². The first-order chi connectivity index (χ1) is 7.16. The summed E-state index contributed by atoms with van der Waals surface area (Å²) in [4.78, 5) is 4.62. The molecule has 0 aliphatic carbocycles. The van der Waals surface area contributed by atoms with E-state index in [1.165, 1.54) is 12.2 Å². The molecule has 0 fully saturated rings. The summed E-state index contributed by atoms with van der Waals surface area (Å²) in [5, 5.41) is 0.754. The highest BCUT2D eigenvalue weighted by Crippen LogP contribution is 2.34. The van der Waals surface area contributed by atoms with Crippen LogP contribution in [0.2, 0.25) is 5.02 Å². The molecular weight excluding hydrogens is 275 g/mol. The molecule has 0 amide bonds. The third-order valence-corrected chi connectivity index (χ3v) is 4.23. The van der Waals surface area contributed by atoms with Gasteiger partial charge in [-0.3, -0.25) is 0 Å². The van der Waals surface area contributed by atoms with Crippen LogP contribution >= 0.6 is 27.5 Å². The molecule has 0 bridgehead atoms. The van der Waals surface area contributed by atoms with Gasteiger partial charge in [-0.15, -0.1) is 0 Å². The van der Waals surface area contributed by atoms with Crippen LogP contribution in [0.4, 0.5) is 0 Å². The van der Waals surface area contributed by atoms with Crippen molar-refractivity contribution in [2.24, 2.45) is 0 Å². The third-order valence-electron chi connectivity index (χ3n) is 3.03. The predicted octanol–water partition coefficient (Wildman–Crippen LogP) is 3.96. The number of aromatic nitrogens is 2. The van der Waals surface area contributed by atoms with Crippen LogP contribution in [0, 0.1) is 0 Å². The lowest BCUT2D eigenvalue weighted by Gasteiger charge is -2.07. The van der Waals surface area contributed by atoms with Gasteiger partial charge >= 0.3 is 0 Å². The highest BCUT2D eigenvalue weighted by atomic mass is 79.9. The molecule has 1 atom stereocenters. The largest absolute Gasteiger partial charge is 0.325 e. The average molecular weight is 286 g/mol. The fourth-order valence-electron chi connectivity index (χ4n) is 2.28. The Labute approximate surface area is 101 Å². The van der Waals surface area contributed by atoms with E-state index in [4.69, 9.17) is 11.6 Å². The molecule has 2 nitrogen and oxygen atoms in total. The number of imidazole rings is 1. The van der Waals surface area contributed by atoms with Crippen LogP contribution in [0.15, 0.2) is 16.6 Å². The van der Waals surface area contributed by atoms with Crippen LogP contribution in [-0.2, 0) is 6.42 Å². The second-order valence-corrected chi connectivity index (χ2v) is 5.30. The van der Waals surface area contributed by atoms with Gasteiger partial charge in [0.15, 0.2) is 0 Å². The molecule has 0 radical (unpaired) electrons. The van der Waals surface area contributed by atoms with Crippen LogP contribution in [0.1, 0.15) is 25.2 Å². The molecule has 15 heavy (non-hydrogen) atoms. The Hall–Kier alpha value is -0.540. The topological polar surface area (TPSA) is 17.8 Å². The van der Waals surface area contributed by atoms with Gasteiger partial charge in [-0.2, -0.15) is 0 Å². The lowest BCUT2D eigenvalue weighted by molar-refractivity contribution is 0.596. The number of rotatable bonds is 0. The van der Waals surface area contributed by atoms with Gasteiger partial charge in [-0.25, -0.2) is 4.98 Å². The second kappa shape index (κ2) is 3.22. The van der Waals surface area contributed by atoms with E-state index in [0.717, 1.165) is 26.9 Å². The summed E-state index contributed by atoms with van der Waals surface area (Å²) >= 11 is 9.53. The molecule has 3 rings (SSSR count). The molecule has 0 N–H and O–H groups in total. The van der Waals surface area contributed by atoms with Crippen LogP contribution < -0.4 is 0 Å². The number of aryl methyl sites for hydroxylation is 1. The monoisotopic (exact) mass is 284 g/mol. The lowest BCUT2D eigenvalue weighted by atomic mass is 10.2. The Morgan fingerprint density at radius 3 is 3.13 bits per heavy atom. The SMILES string of the molecule is C[C@@H]1CCc2nc3cc(Br)c(Cl)cc3n21. The standard InChI is InChI=1S/C11H10BrClN2/c1-6-2-3-11-14-9-4-7(12)8(13)5-10(9)15(6)11/h4-6H,2-3H2,1H3/t6-/m1/s1. The predicted molar refractivity (Wildman–Crippen MR) is 65.5 cm³/mol. The van der Waals surface area contributed by atoms with Crippen molar-refractivity contribution in [3.63, 3.8) is 0 Å². The van der Waals surface area contributed by atoms with Gasteiger partial charge < -0.3 is 4.57 Å². The summed E-state index contributed by atoms with van der Waals surface area (Å²) in [5.41, 5.74) is 2.19. The fourth-order valence-corrected chi connectivity index (χ4v) is 2.76. The number of hydrogen-bond donors (Lipinski definition) is 0. The number of halogens is 2.